The number of esters is 1. The third-order valence-electron chi connectivity index (χ3n) is 3.56. The van der Waals surface area contributed by atoms with Gasteiger partial charge in [-0.2, -0.15) is 0 Å². The van der Waals surface area contributed by atoms with Crippen LogP contribution < -0.4 is 10.5 Å². The lowest BCUT2D eigenvalue weighted by Gasteiger charge is -2.27. The lowest BCUT2D eigenvalue weighted by Crippen LogP contribution is -2.21. The van der Waals surface area contributed by atoms with Crippen molar-refractivity contribution in [2.45, 2.75) is 19.4 Å². The number of imidazole rings is 1. The Kier molecular flexibility index (Phi) is 3.51. The molecule has 0 spiro atoms. The van der Waals surface area contributed by atoms with Gasteiger partial charge in [-0.05, 0) is 13.0 Å². The molecule has 0 radical (unpaired) electrons. The predicted octanol–water partition coefficient (Wildman–Crippen LogP) is 2.01. The number of anilines is 1. The first-order valence-corrected chi connectivity index (χ1v) is 6.93. The Hall–Kier alpha value is -2.50. The van der Waals surface area contributed by atoms with Crippen molar-refractivity contribution in [3.8, 4) is 5.75 Å². The van der Waals surface area contributed by atoms with Crippen molar-refractivity contribution >= 4 is 11.8 Å². The van der Waals surface area contributed by atoms with Crippen molar-refractivity contribution in [2.75, 3.05) is 18.9 Å². The number of nitrogen functional groups attached to an aromatic ring is 1. The molecule has 2 heterocycles. The number of para-hydroxylation sites is 1. The summed E-state index contributed by atoms with van der Waals surface area (Å²) < 4.78 is 12.4. The number of nitrogens with zero attached hydrogens (tertiary/aromatic N) is 2. The molecular formula is C15H17N3O3. The zero-order valence-corrected chi connectivity index (χ0v) is 11.8. The topological polar surface area (TPSA) is 79.4 Å². The second-order valence-corrected chi connectivity index (χ2v) is 4.80. The van der Waals surface area contributed by atoms with E-state index >= 15 is 0 Å². The van der Waals surface area contributed by atoms with E-state index in [2.05, 4.69) is 4.98 Å². The molecule has 2 N–H and O–H groups in total. The molecule has 1 atom stereocenters. The minimum atomic E-state index is -0.492. The number of nitrogens with two attached hydrogens (primary N) is 1. The van der Waals surface area contributed by atoms with Crippen molar-refractivity contribution in [2.24, 2.45) is 0 Å². The first-order valence-electron chi connectivity index (χ1n) is 6.93. The quantitative estimate of drug-likeness (QED) is 0.874. The molecule has 2 aromatic rings. The Morgan fingerprint density at radius 1 is 1.52 bits per heavy atom. The summed E-state index contributed by atoms with van der Waals surface area (Å²) in [6.07, 6.45) is 2.37. The molecular weight excluding hydrogens is 270 g/mol. The summed E-state index contributed by atoms with van der Waals surface area (Å²) in [7, 11) is 0. The van der Waals surface area contributed by atoms with E-state index in [0.717, 1.165) is 17.7 Å². The average Bonchev–Trinajstić information content (AvgIpc) is 2.88. The zero-order chi connectivity index (χ0) is 14.8. The van der Waals surface area contributed by atoms with E-state index < -0.39 is 5.97 Å². The van der Waals surface area contributed by atoms with Gasteiger partial charge in [0.1, 0.15) is 11.6 Å². The molecule has 0 amide bonds. The van der Waals surface area contributed by atoms with E-state index in [1.54, 1.807) is 13.3 Å². The fourth-order valence-electron chi connectivity index (χ4n) is 2.59. The van der Waals surface area contributed by atoms with Crippen molar-refractivity contribution in [3.05, 3.63) is 41.9 Å². The molecule has 0 saturated carbocycles. The summed E-state index contributed by atoms with van der Waals surface area (Å²) in [5, 5.41) is 0. The van der Waals surface area contributed by atoms with Gasteiger partial charge in [-0.15, -0.1) is 0 Å². The van der Waals surface area contributed by atoms with Gasteiger partial charge >= 0.3 is 5.97 Å². The van der Waals surface area contributed by atoms with Gasteiger partial charge in [0.05, 0.1) is 25.6 Å². The lowest BCUT2D eigenvalue weighted by atomic mass is 10.0. The van der Waals surface area contributed by atoms with Gasteiger partial charge in [0, 0.05) is 12.0 Å². The van der Waals surface area contributed by atoms with Crippen LogP contribution in [0.15, 0.2) is 30.6 Å². The third-order valence-corrected chi connectivity index (χ3v) is 3.56. The number of ether oxygens (including phenoxy) is 2. The Bertz CT molecular complexity index is 666. The minimum absolute atomic E-state index is 0.0191. The van der Waals surface area contributed by atoms with Crippen molar-refractivity contribution in [1.82, 2.24) is 9.55 Å². The van der Waals surface area contributed by atoms with Crippen LogP contribution in [0.4, 0.5) is 5.82 Å². The Morgan fingerprint density at radius 2 is 2.33 bits per heavy atom. The number of hydrogen-bond acceptors (Lipinski definition) is 5. The fraction of sp³-hybridized carbons (Fsp3) is 0.333. The zero-order valence-electron chi connectivity index (χ0n) is 11.8. The van der Waals surface area contributed by atoms with Gasteiger partial charge in [0.15, 0.2) is 5.69 Å². The molecule has 0 aliphatic carbocycles. The minimum Gasteiger partial charge on any atom is -0.493 e. The van der Waals surface area contributed by atoms with E-state index in [0.29, 0.717) is 19.0 Å². The van der Waals surface area contributed by atoms with Crippen LogP contribution in [0.25, 0.3) is 0 Å². The normalized spacial score (nSPS) is 16.9. The number of fused-ring (bicyclic) bond motifs is 1. The van der Waals surface area contributed by atoms with E-state index in [4.69, 9.17) is 15.2 Å². The highest BCUT2D eigenvalue weighted by atomic mass is 16.5. The number of rotatable bonds is 3. The highest BCUT2D eigenvalue weighted by molar-refractivity contribution is 5.92. The van der Waals surface area contributed by atoms with Crippen LogP contribution >= 0.6 is 0 Å². The standard InChI is InChI=1S/C15H17N3O3/c1-2-20-15(19)13-14(16)18(9-17-13)11-7-8-21-12-6-4-3-5-10(11)12/h3-6,9,11H,2,7-8,16H2,1H3. The summed E-state index contributed by atoms with van der Waals surface area (Å²) in [4.78, 5) is 15.9. The van der Waals surface area contributed by atoms with Gasteiger partial charge in [-0.3, -0.25) is 0 Å². The maximum atomic E-state index is 11.8. The third kappa shape index (κ3) is 2.33. The first kappa shape index (κ1) is 13.5. The molecule has 0 saturated heterocycles. The first-order chi connectivity index (χ1) is 10.2. The summed E-state index contributed by atoms with van der Waals surface area (Å²) in [6.45, 7) is 2.65. The molecule has 0 fully saturated rings. The molecule has 0 bridgehead atoms. The van der Waals surface area contributed by atoms with Gasteiger partial charge < -0.3 is 19.8 Å². The van der Waals surface area contributed by atoms with Crippen LogP contribution in [0.1, 0.15) is 35.4 Å². The van der Waals surface area contributed by atoms with Gasteiger partial charge in [-0.25, -0.2) is 9.78 Å². The largest absolute Gasteiger partial charge is 0.493 e. The summed E-state index contributed by atoms with van der Waals surface area (Å²) in [5.74, 6) is 0.684. The van der Waals surface area contributed by atoms with Crippen LogP contribution in [-0.4, -0.2) is 28.7 Å². The second-order valence-electron chi connectivity index (χ2n) is 4.80. The molecule has 21 heavy (non-hydrogen) atoms. The smallest absolute Gasteiger partial charge is 0.360 e. The molecule has 1 aliphatic rings. The number of carbonyl (C=O) groups excluding carboxylic acids is 1. The van der Waals surface area contributed by atoms with Crippen molar-refractivity contribution in [1.29, 1.82) is 0 Å². The van der Waals surface area contributed by atoms with E-state index in [1.807, 2.05) is 28.8 Å². The highest BCUT2D eigenvalue weighted by Gasteiger charge is 2.26. The van der Waals surface area contributed by atoms with Crippen molar-refractivity contribution in [3.63, 3.8) is 0 Å². The lowest BCUT2D eigenvalue weighted by molar-refractivity contribution is 0.0521. The molecule has 1 aromatic carbocycles. The molecule has 1 aromatic heterocycles. The van der Waals surface area contributed by atoms with E-state index in [1.165, 1.54) is 0 Å². The Morgan fingerprint density at radius 3 is 3.14 bits per heavy atom. The molecule has 110 valence electrons. The average molecular weight is 287 g/mol. The fourth-order valence-corrected chi connectivity index (χ4v) is 2.59. The van der Waals surface area contributed by atoms with Crippen LogP contribution in [0.5, 0.6) is 5.75 Å². The van der Waals surface area contributed by atoms with Crippen LogP contribution in [-0.2, 0) is 4.74 Å². The monoisotopic (exact) mass is 287 g/mol. The number of carbonyl (C=O) groups is 1. The van der Waals surface area contributed by atoms with Gasteiger partial charge in [0.2, 0.25) is 0 Å². The molecule has 1 aliphatic heterocycles. The Labute approximate surface area is 122 Å². The molecule has 6 nitrogen and oxygen atoms in total. The van der Waals surface area contributed by atoms with Gasteiger partial charge in [-0.1, -0.05) is 18.2 Å². The van der Waals surface area contributed by atoms with E-state index in [-0.39, 0.29) is 11.7 Å². The summed E-state index contributed by atoms with van der Waals surface area (Å²) in [5.41, 5.74) is 7.29. The molecule has 3 rings (SSSR count). The second kappa shape index (κ2) is 5.47. The maximum Gasteiger partial charge on any atom is 0.360 e. The van der Waals surface area contributed by atoms with Crippen LogP contribution in [0, 0.1) is 0 Å². The SMILES string of the molecule is CCOC(=O)c1ncn(C2CCOc3ccccc32)c1N. The van der Waals surface area contributed by atoms with Crippen LogP contribution in [0.2, 0.25) is 0 Å². The maximum absolute atomic E-state index is 11.8. The predicted molar refractivity (Wildman–Crippen MR) is 77.3 cm³/mol. The Balaban J connectivity index is 1.97. The summed E-state index contributed by atoms with van der Waals surface area (Å²) >= 11 is 0. The molecule has 1 unspecified atom stereocenters. The molecule has 6 heteroatoms. The van der Waals surface area contributed by atoms with Crippen molar-refractivity contribution < 1.29 is 14.3 Å². The van der Waals surface area contributed by atoms with Crippen LogP contribution in [0.3, 0.4) is 0 Å². The number of benzene rings is 1. The van der Waals surface area contributed by atoms with E-state index in [9.17, 15) is 4.79 Å². The number of aromatic nitrogens is 2. The number of hydrogen-bond donors (Lipinski definition) is 1. The summed E-state index contributed by atoms with van der Waals surface area (Å²) in [6, 6.07) is 7.84. The van der Waals surface area contributed by atoms with Gasteiger partial charge in [0.25, 0.3) is 0 Å². The highest BCUT2D eigenvalue weighted by Crippen LogP contribution is 2.36.